The summed E-state index contributed by atoms with van der Waals surface area (Å²) in [5, 5.41) is 3.54. The van der Waals surface area contributed by atoms with Gasteiger partial charge in [0.25, 0.3) is 0 Å². The van der Waals surface area contributed by atoms with Crippen molar-refractivity contribution in [3.63, 3.8) is 0 Å². The van der Waals surface area contributed by atoms with E-state index in [4.69, 9.17) is 9.47 Å². The summed E-state index contributed by atoms with van der Waals surface area (Å²) in [6.45, 7) is 6.88. The van der Waals surface area contributed by atoms with E-state index in [9.17, 15) is 0 Å². The molecule has 0 radical (unpaired) electrons. The van der Waals surface area contributed by atoms with Gasteiger partial charge in [0, 0.05) is 31.3 Å². The highest BCUT2D eigenvalue weighted by Crippen LogP contribution is 2.25. The number of methoxy groups -OCH3 is 2. The number of hydrogen-bond donors (Lipinski definition) is 1. The molecule has 1 aromatic carbocycles. The maximum absolute atomic E-state index is 5.48. The van der Waals surface area contributed by atoms with Crippen molar-refractivity contribution in [2.75, 3.05) is 41.0 Å². The highest BCUT2D eigenvalue weighted by Gasteiger charge is 2.19. The number of para-hydroxylation sites is 1. The Morgan fingerprint density at radius 2 is 1.95 bits per heavy atom. The maximum Gasteiger partial charge on any atom is 0.123 e. The number of rotatable bonds is 9. The van der Waals surface area contributed by atoms with Crippen molar-refractivity contribution >= 4 is 0 Å². The molecule has 2 atom stereocenters. The fourth-order valence-corrected chi connectivity index (χ4v) is 2.31. The van der Waals surface area contributed by atoms with Crippen LogP contribution >= 0.6 is 0 Å². The lowest BCUT2D eigenvalue weighted by Crippen LogP contribution is -2.39. The third-order valence-corrected chi connectivity index (χ3v) is 3.60. The summed E-state index contributed by atoms with van der Waals surface area (Å²) in [6.07, 6.45) is 0. The molecule has 4 heteroatoms. The summed E-state index contributed by atoms with van der Waals surface area (Å²) in [6, 6.07) is 8.83. The zero-order valence-electron chi connectivity index (χ0n) is 13.3. The van der Waals surface area contributed by atoms with E-state index in [1.54, 1.807) is 14.2 Å². The lowest BCUT2D eigenvalue weighted by molar-refractivity contribution is 0.109. The molecule has 0 bridgehead atoms. The van der Waals surface area contributed by atoms with Gasteiger partial charge < -0.3 is 14.8 Å². The highest BCUT2D eigenvalue weighted by molar-refractivity contribution is 5.36. The fraction of sp³-hybridized carbons (Fsp3) is 0.625. The van der Waals surface area contributed by atoms with Crippen LogP contribution in [0.2, 0.25) is 0 Å². The van der Waals surface area contributed by atoms with E-state index in [2.05, 4.69) is 43.2 Å². The van der Waals surface area contributed by atoms with E-state index in [0.29, 0.717) is 6.04 Å². The van der Waals surface area contributed by atoms with E-state index < -0.39 is 0 Å². The quantitative estimate of drug-likeness (QED) is 0.752. The summed E-state index contributed by atoms with van der Waals surface area (Å²) < 4.78 is 10.7. The molecule has 20 heavy (non-hydrogen) atoms. The van der Waals surface area contributed by atoms with Crippen LogP contribution in [0.15, 0.2) is 24.3 Å². The van der Waals surface area contributed by atoms with E-state index in [1.165, 1.54) is 5.56 Å². The highest BCUT2D eigenvalue weighted by atomic mass is 16.5. The second kappa shape index (κ2) is 8.95. The molecule has 1 aromatic rings. The molecular weight excluding hydrogens is 252 g/mol. The molecule has 0 aliphatic carbocycles. The van der Waals surface area contributed by atoms with Gasteiger partial charge in [-0.3, -0.25) is 4.90 Å². The molecule has 114 valence electrons. The SMILES string of the molecule is CCNC(CN(C)C(C)COC)c1ccccc1OC. The molecule has 0 spiro atoms. The van der Waals surface area contributed by atoms with Gasteiger partial charge in [0.15, 0.2) is 0 Å². The topological polar surface area (TPSA) is 33.7 Å². The van der Waals surface area contributed by atoms with E-state index in [-0.39, 0.29) is 6.04 Å². The first kappa shape index (κ1) is 17.0. The van der Waals surface area contributed by atoms with Crippen molar-refractivity contribution < 1.29 is 9.47 Å². The monoisotopic (exact) mass is 280 g/mol. The molecule has 1 rings (SSSR count). The van der Waals surface area contributed by atoms with E-state index >= 15 is 0 Å². The van der Waals surface area contributed by atoms with Gasteiger partial charge in [0.1, 0.15) is 5.75 Å². The zero-order valence-corrected chi connectivity index (χ0v) is 13.3. The Bertz CT molecular complexity index is 384. The fourth-order valence-electron chi connectivity index (χ4n) is 2.31. The molecule has 0 saturated carbocycles. The number of nitrogens with one attached hydrogen (secondary N) is 1. The van der Waals surface area contributed by atoms with Crippen molar-refractivity contribution in [2.24, 2.45) is 0 Å². The Labute approximate surface area is 123 Å². The average molecular weight is 280 g/mol. The molecule has 0 heterocycles. The molecular formula is C16H28N2O2. The minimum absolute atomic E-state index is 0.250. The number of nitrogens with zero attached hydrogens (tertiary/aromatic N) is 1. The lowest BCUT2D eigenvalue weighted by Gasteiger charge is -2.30. The second-order valence-electron chi connectivity index (χ2n) is 5.10. The van der Waals surface area contributed by atoms with Gasteiger partial charge in [-0.05, 0) is 26.6 Å². The predicted molar refractivity (Wildman–Crippen MR) is 83.4 cm³/mol. The van der Waals surface area contributed by atoms with Crippen LogP contribution in [0.4, 0.5) is 0 Å². The molecule has 0 aliphatic heterocycles. The van der Waals surface area contributed by atoms with Crippen LogP contribution in [-0.4, -0.2) is 51.9 Å². The van der Waals surface area contributed by atoms with Gasteiger partial charge in [-0.1, -0.05) is 25.1 Å². The summed E-state index contributed by atoms with van der Waals surface area (Å²) in [4.78, 5) is 2.31. The first-order chi connectivity index (χ1) is 9.63. The molecule has 0 aliphatic rings. The van der Waals surface area contributed by atoms with Crippen LogP contribution in [0.5, 0.6) is 5.75 Å². The molecule has 0 aromatic heterocycles. The summed E-state index contributed by atoms with van der Waals surface area (Å²) in [5.41, 5.74) is 1.20. The number of ether oxygens (including phenoxy) is 2. The van der Waals surface area contributed by atoms with Crippen LogP contribution in [0.25, 0.3) is 0 Å². The number of hydrogen-bond acceptors (Lipinski definition) is 4. The Hall–Kier alpha value is -1.10. The summed E-state index contributed by atoms with van der Waals surface area (Å²) >= 11 is 0. The third kappa shape index (κ3) is 4.78. The molecule has 1 N–H and O–H groups in total. The van der Waals surface area contributed by atoms with Gasteiger partial charge in [0.05, 0.1) is 13.7 Å². The molecule has 4 nitrogen and oxygen atoms in total. The predicted octanol–water partition coefficient (Wildman–Crippen LogP) is 2.31. The van der Waals surface area contributed by atoms with Crippen LogP contribution in [0.1, 0.15) is 25.5 Å². The van der Waals surface area contributed by atoms with Gasteiger partial charge in [-0.15, -0.1) is 0 Å². The normalized spacial score (nSPS) is 14.3. The smallest absolute Gasteiger partial charge is 0.123 e. The van der Waals surface area contributed by atoms with Crippen LogP contribution in [0.3, 0.4) is 0 Å². The Kier molecular flexibility index (Phi) is 7.59. The Morgan fingerprint density at radius 3 is 2.55 bits per heavy atom. The lowest BCUT2D eigenvalue weighted by atomic mass is 10.0. The van der Waals surface area contributed by atoms with Crippen LogP contribution < -0.4 is 10.1 Å². The van der Waals surface area contributed by atoms with Crippen molar-refractivity contribution in [2.45, 2.75) is 25.9 Å². The van der Waals surface area contributed by atoms with Gasteiger partial charge in [-0.2, -0.15) is 0 Å². The molecule has 0 amide bonds. The standard InChI is InChI=1S/C16H28N2O2/c1-6-17-15(11-18(3)13(2)12-19-4)14-9-7-8-10-16(14)20-5/h7-10,13,15,17H,6,11-12H2,1-5H3. The minimum atomic E-state index is 0.250. The largest absolute Gasteiger partial charge is 0.496 e. The van der Waals surface area contributed by atoms with Gasteiger partial charge in [0.2, 0.25) is 0 Å². The third-order valence-electron chi connectivity index (χ3n) is 3.60. The van der Waals surface area contributed by atoms with E-state index in [0.717, 1.165) is 25.4 Å². The van der Waals surface area contributed by atoms with Crippen LogP contribution in [-0.2, 0) is 4.74 Å². The molecule has 2 unspecified atom stereocenters. The van der Waals surface area contributed by atoms with Crippen molar-refractivity contribution in [3.8, 4) is 5.75 Å². The number of benzene rings is 1. The van der Waals surface area contributed by atoms with Gasteiger partial charge in [-0.25, -0.2) is 0 Å². The van der Waals surface area contributed by atoms with E-state index in [1.807, 2.05) is 12.1 Å². The number of likely N-dealkylation sites (N-methyl/N-ethyl adjacent to an activating group) is 2. The molecule has 0 fully saturated rings. The minimum Gasteiger partial charge on any atom is -0.496 e. The second-order valence-corrected chi connectivity index (χ2v) is 5.10. The summed E-state index contributed by atoms with van der Waals surface area (Å²) in [7, 11) is 5.59. The maximum atomic E-state index is 5.48. The zero-order chi connectivity index (χ0) is 15.0. The van der Waals surface area contributed by atoms with Crippen LogP contribution in [0, 0.1) is 0 Å². The van der Waals surface area contributed by atoms with Gasteiger partial charge >= 0.3 is 0 Å². The van der Waals surface area contributed by atoms with Crippen molar-refractivity contribution in [3.05, 3.63) is 29.8 Å². The first-order valence-corrected chi connectivity index (χ1v) is 7.19. The van der Waals surface area contributed by atoms with Crippen molar-refractivity contribution in [1.29, 1.82) is 0 Å². The molecule has 0 saturated heterocycles. The Morgan fingerprint density at radius 1 is 1.25 bits per heavy atom. The summed E-state index contributed by atoms with van der Waals surface area (Å²) in [5.74, 6) is 0.936. The Balaban J connectivity index is 2.83. The first-order valence-electron chi connectivity index (χ1n) is 7.19. The van der Waals surface area contributed by atoms with Crippen molar-refractivity contribution in [1.82, 2.24) is 10.2 Å². The average Bonchev–Trinajstić information content (AvgIpc) is 2.46.